The summed E-state index contributed by atoms with van der Waals surface area (Å²) in [6.07, 6.45) is 2.97. The van der Waals surface area contributed by atoms with Gasteiger partial charge >= 0.3 is 0 Å². The van der Waals surface area contributed by atoms with Crippen LogP contribution >= 0.6 is 11.6 Å². The first-order valence-corrected chi connectivity index (χ1v) is 16.7. The first-order chi connectivity index (χ1) is 18.9. The Balaban J connectivity index is 1.57. The summed E-state index contributed by atoms with van der Waals surface area (Å²) in [4.78, 5) is 18.2. The zero-order valence-corrected chi connectivity index (χ0v) is 25.3. The molecule has 4 rings (SSSR count). The molecule has 0 spiro atoms. The maximum absolute atomic E-state index is 13.7. The Hall–Kier alpha value is -3.33. The lowest BCUT2D eigenvalue weighted by molar-refractivity contribution is 0.0931. The second-order valence-corrected chi connectivity index (χ2v) is 16.6. The lowest BCUT2D eigenvalue weighted by Gasteiger charge is -2.36. The van der Waals surface area contributed by atoms with Gasteiger partial charge in [-0.15, -0.1) is 0 Å². The molecule has 0 radical (unpaired) electrons. The average Bonchev–Trinajstić information content (AvgIpc) is 3.38. The van der Waals surface area contributed by atoms with Crippen molar-refractivity contribution in [2.45, 2.75) is 57.8 Å². The van der Waals surface area contributed by atoms with E-state index in [1.54, 1.807) is 36.5 Å². The van der Waals surface area contributed by atoms with Gasteiger partial charge in [-0.25, -0.2) is 4.39 Å². The fraction of sp³-hybridized carbons (Fsp3) is 0.323. The van der Waals surface area contributed by atoms with Crippen LogP contribution in [0.5, 0.6) is 0 Å². The minimum atomic E-state index is -1.93. The van der Waals surface area contributed by atoms with E-state index < -0.39 is 8.32 Å². The van der Waals surface area contributed by atoms with Crippen LogP contribution in [0.2, 0.25) is 23.2 Å². The van der Waals surface area contributed by atoms with Gasteiger partial charge in [0.2, 0.25) is 0 Å². The number of pyridine rings is 1. The molecule has 1 atom stereocenters. The van der Waals surface area contributed by atoms with E-state index in [0.29, 0.717) is 47.0 Å². The molecule has 0 fully saturated rings. The summed E-state index contributed by atoms with van der Waals surface area (Å²) in [5, 5.41) is 11.1. The van der Waals surface area contributed by atoms with Crippen molar-refractivity contribution in [2.24, 2.45) is 0 Å². The van der Waals surface area contributed by atoms with Crippen LogP contribution in [0.1, 0.15) is 43.2 Å². The number of carbonyl (C=O) groups is 1. The SMILES string of the molecule is CC(C)(C)[Si](C)(C)OCC[C@@H](Cc1ccccn1)NC(=O)c1cccc(Cl)c1-c1cc(-c2ccc(F)cc2)n[nH]1. The van der Waals surface area contributed by atoms with E-state index in [4.69, 9.17) is 16.0 Å². The Morgan fingerprint density at radius 3 is 2.52 bits per heavy atom. The van der Waals surface area contributed by atoms with Crippen molar-refractivity contribution in [1.82, 2.24) is 20.5 Å². The Morgan fingerprint density at radius 2 is 1.85 bits per heavy atom. The van der Waals surface area contributed by atoms with Gasteiger partial charge in [-0.3, -0.25) is 14.9 Å². The number of carbonyl (C=O) groups excluding carboxylic acids is 1. The van der Waals surface area contributed by atoms with Crippen LogP contribution in [0.25, 0.3) is 22.5 Å². The summed E-state index contributed by atoms with van der Waals surface area (Å²) >= 11 is 6.62. The smallest absolute Gasteiger partial charge is 0.252 e. The first kappa shape index (κ1) is 29.6. The molecule has 0 aliphatic rings. The number of amides is 1. The standard InChI is InChI=1S/C31H36ClFN4O2Si/c1-31(2,3)40(4,5)39-18-16-24(19-23-9-6-7-17-34-23)35-30(38)25-10-8-11-26(32)29(25)28-20-27(36-37-28)21-12-14-22(33)15-13-21/h6-15,17,20,24H,16,18-19H2,1-5H3,(H,35,38)(H,36,37)/t24-/m0/s1. The largest absolute Gasteiger partial charge is 0.417 e. The molecule has 0 saturated carbocycles. The maximum Gasteiger partial charge on any atom is 0.252 e. The van der Waals surface area contributed by atoms with Crippen LogP contribution in [0, 0.1) is 5.82 Å². The summed E-state index contributed by atoms with van der Waals surface area (Å²) < 4.78 is 19.8. The van der Waals surface area contributed by atoms with E-state index in [9.17, 15) is 9.18 Å². The van der Waals surface area contributed by atoms with Gasteiger partial charge in [-0.2, -0.15) is 5.10 Å². The van der Waals surface area contributed by atoms with Crippen LogP contribution in [-0.2, 0) is 10.8 Å². The van der Waals surface area contributed by atoms with Crippen molar-refractivity contribution in [3.05, 3.63) is 95.0 Å². The summed E-state index contributed by atoms with van der Waals surface area (Å²) in [6.45, 7) is 11.6. The zero-order valence-electron chi connectivity index (χ0n) is 23.6. The highest BCUT2D eigenvalue weighted by Gasteiger charge is 2.37. The molecular weight excluding hydrogens is 543 g/mol. The number of hydrogen-bond donors (Lipinski definition) is 2. The molecule has 0 aliphatic heterocycles. The molecule has 0 saturated heterocycles. The van der Waals surface area contributed by atoms with Crippen molar-refractivity contribution in [3.8, 4) is 22.5 Å². The third-order valence-electron chi connectivity index (χ3n) is 7.50. The normalized spacial score (nSPS) is 12.8. The van der Waals surface area contributed by atoms with Gasteiger partial charge in [-0.05, 0) is 79.2 Å². The lowest BCUT2D eigenvalue weighted by atomic mass is 10.0. The monoisotopic (exact) mass is 578 g/mol. The number of aromatic amines is 1. The molecule has 4 aromatic rings. The Kier molecular flexibility index (Phi) is 9.23. The highest BCUT2D eigenvalue weighted by atomic mass is 35.5. The summed E-state index contributed by atoms with van der Waals surface area (Å²) in [6, 6.07) is 18.7. The fourth-order valence-corrected chi connectivity index (χ4v) is 5.48. The highest BCUT2D eigenvalue weighted by Crippen LogP contribution is 2.37. The van der Waals surface area contributed by atoms with Crippen molar-refractivity contribution >= 4 is 25.8 Å². The number of halogens is 2. The number of nitrogens with one attached hydrogen (secondary N) is 2. The quantitative estimate of drug-likeness (QED) is 0.189. The number of H-pyrrole nitrogens is 1. The van der Waals surface area contributed by atoms with Gasteiger partial charge in [-0.1, -0.05) is 44.5 Å². The molecular formula is C31H36ClFN4O2Si. The molecule has 40 heavy (non-hydrogen) atoms. The topological polar surface area (TPSA) is 79.9 Å². The number of nitrogens with zero attached hydrogens (tertiary/aromatic N) is 2. The molecule has 210 valence electrons. The summed E-state index contributed by atoms with van der Waals surface area (Å²) in [5.74, 6) is -0.566. The van der Waals surface area contributed by atoms with E-state index in [2.05, 4.69) is 54.4 Å². The van der Waals surface area contributed by atoms with E-state index in [1.165, 1.54) is 12.1 Å². The van der Waals surface area contributed by atoms with Crippen LogP contribution in [0.3, 0.4) is 0 Å². The average molecular weight is 579 g/mol. The van der Waals surface area contributed by atoms with Crippen LogP contribution in [-0.4, -0.2) is 42.1 Å². The maximum atomic E-state index is 13.7. The van der Waals surface area contributed by atoms with Crippen molar-refractivity contribution < 1.29 is 13.6 Å². The van der Waals surface area contributed by atoms with Crippen LogP contribution in [0.4, 0.5) is 4.39 Å². The van der Waals surface area contributed by atoms with Gasteiger partial charge in [0.25, 0.3) is 5.91 Å². The molecule has 2 heterocycles. The third kappa shape index (κ3) is 7.24. The van der Waals surface area contributed by atoms with Crippen LogP contribution in [0.15, 0.2) is 72.9 Å². The minimum Gasteiger partial charge on any atom is -0.417 e. The molecule has 9 heteroatoms. The van der Waals surface area contributed by atoms with Crippen molar-refractivity contribution in [2.75, 3.05) is 6.61 Å². The van der Waals surface area contributed by atoms with Gasteiger partial charge in [0.1, 0.15) is 5.82 Å². The predicted molar refractivity (Wildman–Crippen MR) is 161 cm³/mol. The number of rotatable bonds is 10. The van der Waals surface area contributed by atoms with Crippen LogP contribution < -0.4 is 5.32 Å². The Bertz CT molecular complexity index is 1440. The Labute approximate surface area is 241 Å². The summed E-state index contributed by atoms with van der Waals surface area (Å²) in [7, 11) is -1.93. The molecule has 1 amide bonds. The van der Waals surface area contributed by atoms with Gasteiger partial charge in [0.15, 0.2) is 8.32 Å². The minimum absolute atomic E-state index is 0.0965. The highest BCUT2D eigenvalue weighted by molar-refractivity contribution is 6.74. The molecule has 6 nitrogen and oxygen atoms in total. The van der Waals surface area contributed by atoms with E-state index in [0.717, 1.165) is 11.3 Å². The number of aromatic nitrogens is 3. The zero-order chi connectivity index (χ0) is 28.9. The second kappa shape index (κ2) is 12.5. The Morgan fingerprint density at radius 1 is 1.10 bits per heavy atom. The fourth-order valence-electron chi connectivity index (χ4n) is 4.14. The third-order valence-corrected chi connectivity index (χ3v) is 12.4. The number of hydrogen-bond acceptors (Lipinski definition) is 4. The molecule has 0 unspecified atom stereocenters. The molecule has 0 bridgehead atoms. The number of benzene rings is 2. The van der Waals surface area contributed by atoms with E-state index in [-0.39, 0.29) is 22.8 Å². The molecule has 2 N–H and O–H groups in total. The molecule has 0 aliphatic carbocycles. The predicted octanol–water partition coefficient (Wildman–Crippen LogP) is 7.68. The van der Waals surface area contributed by atoms with E-state index in [1.807, 2.05) is 24.3 Å². The van der Waals surface area contributed by atoms with Crippen molar-refractivity contribution in [3.63, 3.8) is 0 Å². The van der Waals surface area contributed by atoms with E-state index >= 15 is 0 Å². The molecule has 2 aromatic carbocycles. The van der Waals surface area contributed by atoms with Crippen molar-refractivity contribution in [1.29, 1.82) is 0 Å². The van der Waals surface area contributed by atoms with Gasteiger partial charge < -0.3 is 9.74 Å². The second-order valence-electron chi connectivity index (χ2n) is 11.4. The molecule has 2 aromatic heterocycles. The first-order valence-electron chi connectivity index (χ1n) is 13.4. The lowest BCUT2D eigenvalue weighted by Crippen LogP contribution is -2.43. The van der Waals surface area contributed by atoms with Gasteiger partial charge in [0, 0.05) is 42.1 Å². The van der Waals surface area contributed by atoms with Gasteiger partial charge in [0.05, 0.1) is 22.0 Å². The summed E-state index contributed by atoms with van der Waals surface area (Å²) in [5.41, 5.74) is 3.84.